The summed E-state index contributed by atoms with van der Waals surface area (Å²) in [5, 5.41) is 9.91. The third kappa shape index (κ3) is 3.98. The highest BCUT2D eigenvalue weighted by atomic mass is 79.9. The number of nitrogens with zero attached hydrogens (tertiary/aromatic N) is 2. The first-order valence-electron chi connectivity index (χ1n) is 7.47. The van der Waals surface area contributed by atoms with Gasteiger partial charge in [-0.05, 0) is 45.7 Å². The average molecular weight is 371 g/mol. The quantitative estimate of drug-likeness (QED) is 0.868. The molecule has 0 unspecified atom stereocenters. The summed E-state index contributed by atoms with van der Waals surface area (Å²) in [7, 11) is 0. The third-order valence-corrected chi connectivity index (χ3v) is 4.43. The molecule has 1 aliphatic rings. The van der Waals surface area contributed by atoms with Gasteiger partial charge < -0.3 is 14.7 Å². The predicted molar refractivity (Wildman–Crippen MR) is 87.7 cm³/mol. The van der Waals surface area contributed by atoms with E-state index < -0.39 is 5.60 Å². The number of ether oxygens (including phenoxy) is 1. The zero-order valence-corrected chi connectivity index (χ0v) is 14.9. The lowest BCUT2D eigenvalue weighted by Gasteiger charge is -2.40. The summed E-state index contributed by atoms with van der Waals surface area (Å²) in [5.41, 5.74) is -0.00952. The van der Waals surface area contributed by atoms with Crippen molar-refractivity contribution in [2.75, 3.05) is 19.7 Å². The molecule has 0 bridgehead atoms. The maximum Gasteiger partial charge on any atom is 0.410 e. The van der Waals surface area contributed by atoms with Crippen molar-refractivity contribution >= 4 is 22.0 Å². The van der Waals surface area contributed by atoms with Crippen LogP contribution in [-0.2, 0) is 10.2 Å². The normalized spacial score (nSPS) is 18.1. The number of aliphatic hydroxyl groups is 1. The number of carbonyl (C=O) groups excluding carboxylic acids is 1. The molecule has 1 saturated heterocycles. The molecule has 1 amide bonds. The number of halogens is 1. The minimum atomic E-state index is -0.492. The molecule has 2 heterocycles. The Bertz CT molecular complexity index is 534. The number of aromatic nitrogens is 1. The summed E-state index contributed by atoms with van der Waals surface area (Å²) >= 11 is 3.44. The second kappa shape index (κ2) is 6.54. The minimum Gasteiger partial charge on any atom is -0.444 e. The van der Waals surface area contributed by atoms with Gasteiger partial charge in [-0.3, -0.25) is 4.98 Å². The Morgan fingerprint density at radius 2 is 2.09 bits per heavy atom. The molecule has 122 valence electrons. The molecule has 1 aromatic heterocycles. The summed E-state index contributed by atoms with van der Waals surface area (Å²) in [6.45, 7) is 6.72. The van der Waals surface area contributed by atoms with Crippen LogP contribution in [0.1, 0.15) is 39.3 Å². The van der Waals surface area contributed by atoms with Crippen LogP contribution >= 0.6 is 15.9 Å². The minimum absolute atomic E-state index is 0.0264. The van der Waals surface area contributed by atoms with Crippen LogP contribution < -0.4 is 0 Å². The average Bonchev–Trinajstić information content (AvgIpc) is 2.45. The zero-order valence-electron chi connectivity index (χ0n) is 13.3. The topological polar surface area (TPSA) is 62.7 Å². The zero-order chi connectivity index (χ0) is 16.4. The first-order chi connectivity index (χ1) is 10.3. The lowest BCUT2D eigenvalue weighted by atomic mass is 9.76. The van der Waals surface area contributed by atoms with Crippen LogP contribution in [0.25, 0.3) is 0 Å². The van der Waals surface area contributed by atoms with E-state index in [1.807, 2.05) is 32.9 Å². The Balaban J connectivity index is 2.07. The predicted octanol–water partition coefficient (Wildman–Crippen LogP) is 3.11. The van der Waals surface area contributed by atoms with E-state index in [1.54, 1.807) is 11.1 Å². The number of likely N-dealkylation sites (tertiary alicyclic amines) is 1. The van der Waals surface area contributed by atoms with Gasteiger partial charge in [-0.25, -0.2) is 4.79 Å². The van der Waals surface area contributed by atoms with Crippen LogP contribution in [0.2, 0.25) is 0 Å². The molecule has 0 spiro atoms. The van der Waals surface area contributed by atoms with Crippen molar-refractivity contribution in [2.45, 2.75) is 44.6 Å². The van der Waals surface area contributed by atoms with Crippen LogP contribution in [0.4, 0.5) is 4.79 Å². The van der Waals surface area contributed by atoms with Crippen molar-refractivity contribution in [1.29, 1.82) is 0 Å². The maximum absolute atomic E-state index is 12.1. The first-order valence-corrected chi connectivity index (χ1v) is 8.26. The van der Waals surface area contributed by atoms with E-state index in [4.69, 9.17) is 4.74 Å². The monoisotopic (exact) mass is 370 g/mol. The molecule has 22 heavy (non-hydrogen) atoms. The van der Waals surface area contributed by atoms with Gasteiger partial charge >= 0.3 is 6.09 Å². The van der Waals surface area contributed by atoms with Gasteiger partial charge in [-0.2, -0.15) is 0 Å². The number of rotatable bonds is 2. The molecular weight excluding hydrogens is 348 g/mol. The number of hydrogen-bond donors (Lipinski definition) is 1. The molecular formula is C16H23BrN2O3. The largest absolute Gasteiger partial charge is 0.444 e. The van der Waals surface area contributed by atoms with Gasteiger partial charge in [0.15, 0.2) is 0 Å². The second-order valence-electron chi connectivity index (χ2n) is 6.77. The van der Waals surface area contributed by atoms with Crippen molar-refractivity contribution in [3.8, 4) is 0 Å². The molecule has 0 aromatic carbocycles. The highest BCUT2D eigenvalue weighted by Gasteiger charge is 2.39. The van der Waals surface area contributed by atoms with Crippen molar-refractivity contribution in [3.05, 3.63) is 28.5 Å². The first kappa shape index (κ1) is 17.2. The number of carbonyl (C=O) groups is 1. The van der Waals surface area contributed by atoms with Crippen LogP contribution in [0.5, 0.6) is 0 Å². The van der Waals surface area contributed by atoms with E-state index in [0.717, 1.165) is 10.2 Å². The summed E-state index contributed by atoms with van der Waals surface area (Å²) in [6, 6.07) is 3.81. The van der Waals surface area contributed by atoms with Crippen molar-refractivity contribution in [2.24, 2.45) is 0 Å². The van der Waals surface area contributed by atoms with Crippen molar-refractivity contribution in [3.63, 3.8) is 0 Å². The van der Waals surface area contributed by atoms with E-state index in [2.05, 4.69) is 20.9 Å². The highest BCUT2D eigenvalue weighted by molar-refractivity contribution is 9.10. The van der Waals surface area contributed by atoms with Gasteiger partial charge in [0.25, 0.3) is 0 Å². The van der Waals surface area contributed by atoms with Gasteiger partial charge in [0, 0.05) is 29.2 Å². The van der Waals surface area contributed by atoms with Crippen LogP contribution in [0, 0.1) is 0 Å². The number of amides is 1. The highest BCUT2D eigenvalue weighted by Crippen LogP contribution is 2.35. The van der Waals surface area contributed by atoms with Crippen LogP contribution in [0.15, 0.2) is 22.8 Å². The van der Waals surface area contributed by atoms with Gasteiger partial charge in [-0.1, -0.05) is 15.9 Å². The molecule has 0 saturated carbocycles. The maximum atomic E-state index is 12.1. The fraction of sp³-hybridized carbons (Fsp3) is 0.625. The summed E-state index contributed by atoms with van der Waals surface area (Å²) in [5.74, 6) is 0. The fourth-order valence-corrected chi connectivity index (χ4v) is 2.97. The summed E-state index contributed by atoms with van der Waals surface area (Å²) < 4.78 is 6.35. The third-order valence-electron chi connectivity index (χ3n) is 3.94. The van der Waals surface area contributed by atoms with Gasteiger partial charge in [0.1, 0.15) is 5.60 Å². The second-order valence-corrected chi connectivity index (χ2v) is 7.68. The number of aliphatic hydroxyl groups excluding tert-OH is 1. The number of piperidine rings is 1. The van der Waals surface area contributed by atoms with E-state index in [1.165, 1.54) is 0 Å². The Hall–Kier alpha value is -1.14. The summed E-state index contributed by atoms with van der Waals surface area (Å²) in [4.78, 5) is 18.2. The lowest BCUT2D eigenvalue weighted by Crippen LogP contribution is -2.48. The molecule has 0 radical (unpaired) electrons. The SMILES string of the molecule is CC(C)(C)OC(=O)N1CCC(CO)(c2cc(Br)ccn2)CC1. The van der Waals surface area contributed by atoms with Crippen molar-refractivity contribution < 1.29 is 14.6 Å². The summed E-state index contributed by atoms with van der Waals surface area (Å²) in [6.07, 6.45) is 2.79. The van der Waals surface area contributed by atoms with Crippen LogP contribution in [0.3, 0.4) is 0 Å². The molecule has 2 rings (SSSR count). The Labute approximate surface area is 139 Å². The Kier molecular flexibility index (Phi) is 5.12. The van der Waals surface area contributed by atoms with Gasteiger partial charge in [-0.15, -0.1) is 0 Å². The van der Waals surface area contributed by atoms with E-state index in [-0.39, 0.29) is 18.1 Å². The van der Waals surface area contributed by atoms with Gasteiger partial charge in [0.2, 0.25) is 0 Å². The molecule has 5 nitrogen and oxygen atoms in total. The molecule has 1 N–H and O–H groups in total. The van der Waals surface area contributed by atoms with E-state index in [0.29, 0.717) is 25.9 Å². The Morgan fingerprint density at radius 3 is 2.59 bits per heavy atom. The van der Waals surface area contributed by atoms with Gasteiger partial charge in [0.05, 0.1) is 12.3 Å². The van der Waals surface area contributed by atoms with Crippen molar-refractivity contribution in [1.82, 2.24) is 9.88 Å². The Morgan fingerprint density at radius 1 is 1.45 bits per heavy atom. The van der Waals surface area contributed by atoms with E-state index in [9.17, 15) is 9.90 Å². The van der Waals surface area contributed by atoms with Crippen LogP contribution in [-0.4, -0.2) is 46.4 Å². The molecule has 1 aliphatic heterocycles. The molecule has 0 aliphatic carbocycles. The lowest BCUT2D eigenvalue weighted by molar-refractivity contribution is 0.0119. The molecule has 6 heteroatoms. The molecule has 1 fully saturated rings. The standard InChI is InChI=1S/C16H23BrN2O3/c1-15(2,3)22-14(21)19-8-5-16(11-20,6-9-19)13-10-12(17)4-7-18-13/h4,7,10,20H,5-6,8-9,11H2,1-3H3. The smallest absolute Gasteiger partial charge is 0.410 e. The number of hydrogen-bond acceptors (Lipinski definition) is 4. The van der Waals surface area contributed by atoms with E-state index >= 15 is 0 Å². The molecule has 0 atom stereocenters. The molecule has 1 aromatic rings. The fourth-order valence-electron chi connectivity index (χ4n) is 2.63. The number of pyridine rings is 1.